The van der Waals surface area contributed by atoms with Gasteiger partial charge in [0.05, 0.1) is 10.9 Å². The molecule has 27 heavy (non-hydrogen) atoms. The molecule has 1 aliphatic carbocycles. The SMILES string of the molecule is O=c1c2cnc3nc(C4CCCCC4)nn3c2ccn1-c1n[nH]c(CO)n1. The maximum absolute atomic E-state index is 12.9. The quantitative estimate of drug-likeness (QED) is 0.555. The summed E-state index contributed by atoms with van der Waals surface area (Å²) in [5.74, 6) is 2.13. The Bertz CT molecular complexity index is 1180. The predicted octanol–water partition coefficient (Wildman–Crippen LogP) is 1.09. The van der Waals surface area contributed by atoms with Crippen molar-refractivity contribution in [1.29, 1.82) is 0 Å². The summed E-state index contributed by atoms with van der Waals surface area (Å²) in [4.78, 5) is 25.9. The van der Waals surface area contributed by atoms with E-state index in [0.717, 1.165) is 18.7 Å². The number of fused-ring (bicyclic) bond motifs is 3. The minimum Gasteiger partial charge on any atom is -0.388 e. The summed E-state index contributed by atoms with van der Waals surface area (Å²) < 4.78 is 2.95. The van der Waals surface area contributed by atoms with E-state index in [1.165, 1.54) is 30.0 Å². The molecule has 1 saturated carbocycles. The lowest BCUT2D eigenvalue weighted by Gasteiger charge is -2.17. The average molecular weight is 366 g/mol. The van der Waals surface area contributed by atoms with Gasteiger partial charge in [-0.3, -0.25) is 9.89 Å². The Morgan fingerprint density at radius 3 is 2.85 bits per heavy atom. The Hall–Kier alpha value is -3.14. The van der Waals surface area contributed by atoms with Crippen molar-refractivity contribution in [2.24, 2.45) is 0 Å². The third-order valence-electron chi connectivity index (χ3n) is 5.11. The number of rotatable bonds is 3. The van der Waals surface area contributed by atoms with Crippen LogP contribution in [0.3, 0.4) is 0 Å². The Morgan fingerprint density at radius 2 is 2.07 bits per heavy atom. The summed E-state index contributed by atoms with van der Waals surface area (Å²) in [5.41, 5.74) is 0.342. The number of H-pyrrole nitrogens is 1. The molecule has 0 bridgehead atoms. The lowest BCUT2D eigenvalue weighted by atomic mass is 9.89. The first-order valence-corrected chi connectivity index (χ1v) is 9.04. The molecule has 2 N–H and O–H groups in total. The van der Waals surface area contributed by atoms with Crippen molar-refractivity contribution >= 4 is 16.7 Å². The highest BCUT2D eigenvalue weighted by Gasteiger charge is 2.21. The van der Waals surface area contributed by atoms with E-state index in [-0.39, 0.29) is 18.1 Å². The lowest BCUT2D eigenvalue weighted by Crippen LogP contribution is -2.20. The molecule has 4 aromatic rings. The monoisotopic (exact) mass is 366 g/mol. The second kappa shape index (κ2) is 6.23. The first-order chi connectivity index (χ1) is 13.2. The van der Waals surface area contributed by atoms with E-state index in [9.17, 15) is 4.79 Å². The molecule has 0 atom stereocenters. The summed E-state index contributed by atoms with van der Waals surface area (Å²) >= 11 is 0. The maximum Gasteiger partial charge on any atom is 0.268 e. The van der Waals surface area contributed by atoms with E-state index in [1.807, 2.05) is 0 Å². The molecule has 0 saturated heterocycles. The molecule has 4 aromatic heterocycles. The number of hydrogen-bond donors (Lipinski definition) is 2. The largest absolute Gasteiger partial charge is 0.388 e. The van der Waals surface area contributed by atoms with Gasteiger partial charge in [0.2, 0.25) is 0 Å². The van der Waals surface area contributed by atoms with E-state index < -0.39 is 0 Å². The molecule has 5 rings (SSSR count). The van der Waals surface area contributed by atoms with Gasteiger partial charge in [-0.25, -0.2) is 9.55 Å². The molecule has 4 heterocycles. The Balaban J connectivity index is 1.64. The van der Waals surface area contributed by atoms with Gasteiger partial charge < -0.3 is 5.11 Å². The van der Waals surface area contributed by atoms with Crippen LogP contribution in [0.1, 0.15) is 49.7 Å². The number of hydrogen-bond acceptors (Lipinski definition) is 7. The van der Waals surface area contributed by atoms with Crippen LogP contribution >= 0.6 is 0 Å². The standard InChI is InChI=1S/C17H18N8O2/c26-9-13-19-17(22-21-13)24-7-6-12-11(15(24)27)8-18-16-20-14(23-25(12)16)10-4-2-1-3-5-10/h6-8,10,26H,1-5,9H2,(H,19,21,22). The van der Waals surface area contributed by atoms with E-state index in [0.29, 0.717) is 28.4 Å². The van der Waals surface area contributed by atoms with Gasteiger partial charge in [-0.15, -0.1) is 10.2 Å². The molecule has 0 aromatic carbocycles. The summed E-state index contributed by atoms with van der Waals surface area (Å²) in [5, 5.41) is 20.7. The average Bonchev–Trinajstić information content (AvgIpc) is 3.36. The van der Waals surface area contributed by atoms with E-state index in [2.05, 4.69) is 30.2 Å². The van der Waals surface area contributed by atoms with E-state index in [1.54, 1.807) is 16.8 Å². The van der Waals surface area contributed by atoms with Crippen LogP contribution in [0, 0.1) is 0 Å². The van der Waals surface area contributed by atoms with Crippen molar-refractivity contribution in [2.75, 3.05) is 0 Å². The lowest BCUT2D eigenvalue weighted by molar-refractivity contribution is 0.272. The molecule has 0 radical (unpaired) electrons. The van der Waals surface area contributed by atoms with Gasteiger partial charge in [0.25, 0.3) is 17.3 Å². The zero-order valence-corrected chi connectivity index (χ0v) is 14.5. The number of aliphatic hydroxyl groups is 1. The fourth-order valence-electron chi connectivity index (χ4n) is 3.69. The first-order valence-electron chi connectivity index (χ1n) is 9.04. The zero-order valence-electron chi connectivity index (χ0n) is 14.5. The third kappa shape index (κ3) is 2.60. The number of nitrogens with one attached hydrogen (secondary N) is 1. The second-order valence-corrected chi connectivity index (χ2v) is 6.80. The highest BCUT2D eigenvalue weighted by Crippen LogP contribution is 2.31. The van der Waals surface area contributed by atoms with Gasteiger partial charge in [-0.05, 0) is 18.9 Å². The Morgan fingerprint density at radius 1 is 1.22 bits per heavy atom. The molecule has 1 aliphatic rings. The molecule has 1 fully saturated rings. The molecule has 10 nitrogen and oxygen atoms in total. The van der Waals surface area contributed by atoms with Crippen molar-refractivity contribution in [3.05, 3.63) is 40.5 Å². The van der Waals surface area contributed by atoms with Crippen molar-refractivity contribution in [2.45, 2.75) is 44.6 Å². The molecule has 0 spiro atoms. The summed E-state index contributed by atoms with van der Waals surface area (Å²) in [6, 6.07) is 1.78. The third-order valence-corrected chi connectivity index (χ3v) is 5.11. The summed E-state index contributed by atoms with van der Waals surface area (Å²) in [7, 11) is 0. The van der Waals surface area contributed by atoms with Crippen LogP contribution in [0.4, 0.5) is 0 Å². The van der Waals surface area contributed by atoms with Crippen molar-refractivity contribution in [1.82, 2.24) is 39.3 Å². The number of aromatic nitrogens is 8. The fourth-order valence-corrected chi connectivity index (χ4v) is 3.69. The molecule has 138 valence electrons. The molecule has 10 heteroatoms. The minimum atomic E-state index is -0.305. The maximum atomic E-state index is 12.9. The zero-order chi connectivity index (χ0) is 18.4. The molecular weight excluding hydrogens is 348 g/mol. The Kier molecular flexibility index (Phi) is 3.71. The van der Waals surface area contributed by atoms with Crippen molar-refractivity contribution < 1.29 is 5.11 Å². The van der Waals surface area contributed by atoms with Crippen LogP contribution in [0.2, 0.25) is 0 Å². The predicted molar refractivity (Wildman–Crippen MR) is 95.6 cm³/mol. The van der Waals surface area contributed by atoms with Gasteiger partial charge in [-0.2, -0.15) is 14.5 Å². The van der Waals surface area contributed by atoms with Crippen LogP contribution < -0.4 is 5.56 Å². The van der Waals surface area contributed by atoms with Crippen molar-refractivity contribution in [3.63, 3.8) is 0 Å². The second-order valence-electron chi connectivity index (χ2n) is 6.80. The summed E-state index contributed by atoms with van der Waals surface area (Å²) in [6.07, 6.45) is 8.97. The number of nitrogens with zero attached hydrogens (tertiary/aromatic N) is 7. The van der Waals surface area contributed by atoms with Gasteiger partial charge in [0.1, 0.15) is 6.61 Å². The molecule has 0 aliphatic heterocycles. The van der Waals surface area contributed by atoms with Crippen LogP contribution in [-0.2, 0) is 6.61 Å². The van der Waals surface area contributed by atoms with Gasteiger partial charge in [-0.1, -0.05) is 19.3 Å². The highest BCUT2D eigenvalue weighted by molar-refractivity contribution is 5.78. The normalized spacial score (nSPS) is 15.7. The highest BCUT2D eigenvalue weighted by atomic mass is 16.3. The van der Waals surface area contributed by atoms with Gasteiger partial charge in [0.15, 0.2) is 11.6 Å². The number of pyridine rings is 1. The van der Waals surface area contributed by atoms with Crippen LogP contribution in [-0.4, -0.2) is 44.4 Å². The van der Waals surface area contributed by atoms with Crippen LogP contribution in [0.5, 0.6) is 0 Å². The Labute approximate surface area is 152 Å². The van der Waals surface area contributed by atoms with Crippen LogP contribution in [0.25, 0.3) is 22.6 Å². The number of aliphatic hydroxyl groups excluding tert-OH is 1. The van der Waals surface area contributed by atoms with E-state index in [4.69, 9.17) is 5.11 Å². The molecule has 0 unspecified atom stereocenters. The van der Waals surface area contributed by atoms with Crippen molar-refractivity contribution in [3.8, 4) is 5.95 Å². The van der Waals surface area contributed by atoms with Gasteiger partial charge >= 0.3 is 0 Å². The smallest absolute Gasteiger partial charge is 0.268 e. The van der Waals surface area contributed by atoms with Crippen LogP contribution in [0.15, 0.2) is 23.3 Å². The minimum absolute atomic E-state index is 0.174. The first kappa shape index (κ1) is 16.1. The topological polar surface area (TPSA) is 127 Å². The fraction of sp³-hybridized carbons (Fsp3) is 0.412. The molecular formula is C17H18N8O2. The molecule has 0 amide bonds. The number of aromatic amines is 1. The van der Waals surface area contributed by atoms with Gasteiger partial charge in [0, 0.05) is 18.3 Å². The van der Waals surface area contributed by atoms with E-state index >= 15 is 0 Å². The summed E-state index contributed by atoms with van der Waals surface area (Å²) in [6.45, 7) is -0.277.